The molecule has 19 heavy (non-hydrogen) atoms. The van der Waals surface area contributed by atoms with E-state index in [0.29, 0.717) is 0 Å². The van der Waals surface area contributed by atoms with Crippen molar-refractivity contribution >= 4 is 11.9 Å². The van der Waals surface area contributed by atoms with Gasteiger partial charge in [0.2, 0.25) is 0 Å². The van der Waals surface area contributed by atoms with Crippen LogP contribution in [0.4, 0.5) is 0 Å². The van der Waals surface area contributed by atoms with E-state index in [1.807, 2.05) is 31.2 Å². The number of aliphatic carboxylic acids is 2. The third kappa shape index (κ3) is 3.56. The quantitative estimate of drug-likeness (QED) is 0.828. The van der Waals surface area contributed by atoms with Crippen LogP contribution in [0.2, 0.25) is 0 Å². The minimum Gasteiger partial charge on any atom is -0.481 e. The third-order valence-corrected chi connectivity index (χ3v) is 3.65. The Hall–Kier alpha value is -1.84. The zero-order valence-electron chi connectivity index (χ0n) is 11.5. The van der Waals surface area contributed by atoms with E-state index in [1.165, 1.54) is 5.56 Å². The molecule has 0 amide bonds. The molecular weight excluding hydrogens is 244 g/mol. The van der Waals surface area contributed by atoms with Gasteiger partial charge in [0.05, 0.1) is 12.3 Å². The summed E-state index contributed by atoms with van der Waals surface area (Å²) in [5, 5.41) is 18.1. The molecule has 0 bridgehead atoms. The van der Waals surface area contributed by atoms with Crippen molar-refractivity contribution < 1.29 is 19.8 Å². The zero-order valence-corrected chi connectivity index (χ0v) is 11.5. The van der Waals surface area contributed by atoms with Gasteiger partial charge in [-0.15, -0.1) is 0 Å². The Morgan fingerprint density at radius 2 is 1.68 bits per heavy atom. The van der Waals surface area contributed by atoms with Gasteiger partial charge in [-0.05, 0) is 17.5 Å². The van der Waals surface area contributed by atoms with E-state index in [4.69, 9.17) is 5.11 Å². The van der Waals surface area contributed by atoms with Crippen LogP contribution in [0.3, 0.4) is 0 Å². The minimum absolute atomic E-state index is 0.377. The Balaban J connectivity index is 3.09. The SMILES string of the molecule is CCc1ccc(C(C)(C)[C@H](CC(=O)O)C(=O)O)cc1. The summed E-state index contributed by atoms with van der Waals surface area (Å²) in [4.78, 5) is 22.1. The first-order valence-corrected chi connectivity index (χ1v) is 6.33. The highest BCUT2D eigenvalue weighted by Crippen LogP contribution is 2.34. The molecule has 0 fully saturated rings. The molecule has 0 spiro atoms. The molecule has 0 heterocycles. The molecule has 0 saturated carbocycles. The second kappa shape index (κ2) is 5.87. The number of hydrogen-bond acceptors (Lipinski definition) is 2. The van der Waals surface area contributed by atoms with Crippen LogP contribution in [0.1, 0.15) is 38.3 Å². The van der Waals surface area contributed by atoms with Gasteiger partial charge in [-0.2, -0.15) is 0 Å². The van der Waals surface area contributed by atoms with Gasteiger partial charge >= 0.3 is 11.9 Å². The van der Waals surface area contributed by atoms with Crippen molar-refractivity contribution in [1.29, 1.82) is 0 Å². The standard InChI is InChI=1S/C15H20O4/c1-4-10-5-7-11(8-6-10)15(2,3)12(14(18)19)9-13(16)17/h5-8,12H,4,9H2,1-3H3,(H,16,17)(H,18,19)/t12-/m1/s1. The fourth-order valence-corrected chi connectivity index (χ4v) is 2.20. The fourth-order valence-electron chi connectivity index (χ4n) is 2.20. The molecule has 0 radical (unpaired) electrons. The fraction of sp³-hybridized carbons (Fsp3) is 0.467. The summed E-state index contributed by atoms with van der Waals surface area (Å²) in [7, 11) is 0. The first kappa shape index (κ1) is 15.2. The van der Waals surface area contributed by atoms with Crippen LogP contribution >= 0.6 is 0 Å². The maximum Gasteiger partial charge on any atom is 0.307 e. The first-order valence-electron chi connectivity index (χ1n) is 6.33. The van der Waals surface area contributed by atoms with Crippen molar-refractivity contribution in [2.24, 2.45) is 5.92 Å². The maximum atomic E-state index is 11.3. The Labute approximate surface area is 113 Å². The van der Waals surface area contributed by atoms with Gasteiger partial charge < -0.3 is 10.2 Å². The lowest BCUT2D eigenvalue weighted by Crippen LogP contribution is -2.36. The van der Waals surface area contributed by atoms with Crippen molar-refractivity contribution in [1.82, 2.24) is 0 Å². The van der Waals surface area contributed by atoms with Crippen molar-refractivity contribution in [2.45, 2.75) is 39.0 Å². The van der Waals surface area contributed by atoms with E-state index in [1.54, 1.807) is 13.8 Å². The number of carboxylic acid groups (broad SMARTS) is 2. The number of hydrogen-bond donors (Lipinski definition) is 2. The van der Waals surface area contributed by atoms with Crippen LogP contribution in [0.15, 0.2) is 24.3 Å². The molecule has 4 heteroatoms. The van der Waals surface area contributed by atoms with Crippen molar-refractivity contribution in [2.75, 3.05) is 0 Å². The van der Waals surface area contributed by atoms with Gasteiger partial charge in [-0.1, -0.05) is 45.0 Å². The normalized spacial score (nSPS) is 13.0. The second-order valence-electron chi connectivity index (χ2n) is 5.26. The molecule has 0 aliphatic heterocycles. The van der Waals surface area contributed by atoms with Crippen LogP contribution in [0.25, 0.3) is 0 Å². The summed E-state index contributed by atoms with van der Waals surface area (Å²) in [5.74, 6) is -3.12. The summed E-state index contributed by atoms with van der Waals surface area (Å²) < 4.78 is 0. The molecule has 1 aromatic rings. The van der Waals surface area contributed by atoms with Gasteiger partial charge in [-0.3, -0.25) is 9.59 Å². The highest BCUT2D eigenvalue weighted by atomic mass is 16.4. The first-order chi connectivity index (χ1) is 8.78. The van der Waals surface area contributed by atoms with E-state index in [-0.39, 0.29) is 6.42 Å². The predicted molar refractivity (Wildman–Crippen MR) is 72.2 cm³/mol. The monoisotopic (exact) mass is 264 g/mol. The molecular formula is C15H20O4. The van der Waals surface area contributed by atoms with Gasteiger partial charge in [0, 0.05) is 5.41 Å². The van der Waals surface area contributed by atoms with E-state index in [0.717, 1.165) is 12.0 Å². The van der Waals surface area contributed by atoms with Crippen LogP contribution in [-0.4, -0.2) is 22.2 Å². The summed E-state index contributed by atoms with van der Waals surface area (Å²) in [6, 6.07) is 7.68. The molecule has 104 valence electrons. The highest BCUT2D eigenvalue weighted by Gasteiger charge is 2.38. The molecule has 0 aromatic heterocycles. The number of carbonyl (C=O) groups is 2. The molecule has 1 rings (SSSR count). The van der Waals surface area contributed by atoms with E-state index < -0.39 is 23.3 Å². The maximum absolute atomic E-state index is 11.3. The van der Waals surface area contributed by atoms with E-state index >= 15 is 0 Å². The van der Waals surface area contributed by atoms with Gasteiger partial charge in [0.15, 0.2) is 0 Å². The van der Waals surface area contributed by atoms with Gasteiger partial charge in [0.25, 0.3) is 0 Å². The van der Waals surface area contributed by atoms with E-state index in [2.05, 4.69) is 0 Å². The Morgan fingerprint density at radius 3 is 2.05 bits per heavy atom. The van der Waals surface area contributed by atoms with Crippen LogP contribution < -0.4 is 0 Å². The number of carboxylic acids is 2. The molecule has 1 atom stereocenters. The Kier molecular flexibility index (Phi) is 4.70. The molecule has 0 aliphatic rings. The van der Waals surface area contributed by atoms with Crippen molar-refractivity contribution in [3.8, 4) is 0 Å². The molecule has 2 N–H and O–H groups in total. The zero-order chi connectivity index (χ0) is 14.6. The van der Waals surface area contributed by atoms with Crippen molar-refractivity contribution in [3.63, 3.8) is 0 Å². The van der Waals surface area contributed by atoms with Crippen LogP contribution in [0.5, 0.6) is 0 Å². The average molecular weight is 264 g/mol. The molecule has 0 unspecified atom stereocenters. The smallest absolute Gasteiger partial charge is 0.307 e. The summed E-state index contributed by atoms with van der Waals surface area (Å²) >= 11 is 0. The molecule has 1 aromatic carbocycles. The largest absolute Gasteiger partial charge is 0.481 e. The van der Waals surface area contributed by atoms with E-state index in [9.17, 15) is 14.7 Å². The Morgan fingerprint density at radius 1 is 1.16 bits per heavy atom. The summed E-state index contributed by atoms with van der Waals surface area (Å²) in [6.45, 7) is 5.59. The predicted octanol–water partition coefficient (Wildman–Crippen LogP) is 2.70. The molecule has 0 saturated heterocycles. The number of aryl methyl sites for hydroxylation is 1. The lowest BCUT2D eigenvalue weighted by molar-refractivity contribution is -0.150. The lowest BCUT2D eigenvalue weighted by Gasteiger charge is -2.31. The highest BCUT2D eigenvalue weighted by molar-refractivity contribution is 5.79. The topological polar surface area (TPSA) is 74.6 Å². The van der Waals surface area contributed by atoms with Gasteiger partial charge in [-0.25, -0.2) is 0 Å². The summed E-state index contributed by atoms with van der Waals surface area (Å²) in [6.07, 6.45) is 0.538. The summed E-state index contributed by atoms with van der Waals surface area (Å²) in [5.41, 5.74) is 1.29. The lowest BCUT2D eigenvalue weighted by atomic mass is 9.72. The average Bonchev–Trinajstić information content (AvgIpc) is 2.35. The number of rotatable bonds is 6. The van der Waals surface area contributed by atoms with Gasteiger partial charge in [0.1, 0.15) is 0 Å². The van der Waals surface area contributed by atoms with Crippen molar-refractivity contribution in [3.05, 3.63) is 35.4 Å². The van der Waals surface area contributed by atoms with Crippen LogP contribution in [0, 0.1) is 5.92 Å². The third-order valence-electron chi connectivity index (χ3n) is 3.65. The molecule has 0 aliphatic carbocycles. The minimum atomic E-state index is -1.09. The second-order valence-corrected chi connectivity index (χ2v) is 5.26. The van der Waals surface area contributed by atoms with Crippen LogP contribution in [-0.2, 0) is 21.4 Å². The Bertz CT molecular complexity index is 460. The molecule has 4 nitrogen and oxygen atoms in total. The number of benzene rings is 1.